The Labute approximate surface area is 192 Å². The van der Waals surface area contributed by atoms with E-state index in [1.165, 1.54) is 0 Å². The van der Waals surface area contributed by atoms with Crippen molar-refractivity contribution < 1.29 is 13.7 Å². The van der Waals surface area contributed by atoms with E-state index in [1.54, 1.807) is 0 Å². The Morgan fingerprint density at radius 2 is 0.562 bits per heavy atom. The minimum atomic E-state index is -2.74. The first-order valence-corrected chi connectivity index (χ1v) is 17.6. The maximum absolute atomic E-state index is 13.5. The van der Waals surface area contributed by atoms with Gasteiger partial charge in [-0.1, -0.05) is 0 Å². The molecule has 0 aromatic heterocycles. The Balaban J connectivity index is 5.06. The zero-order valence-electron chi connectivity index (χ0n) is 18.6. The molecule has 0 radical (unpaired) electrons. The van der Waals surface area contributed by atoms with Gasteiger partial charge in [-0.05, 0) is 12.8 Å². The van der Waals surface area contributed by atoms with Crippen LogP contribution in [0.4, 0.5) is 0 Å². The molecule has 0 aromatic rings. The van der Waals surface area contributed by atoms with E-state index in [0.29, 0.717) is 37.5 Å². The van der Waals surface area contributed by atoms with Gasteiger partial charge in [-0.25, -0.2) is 0 Å². The maximum atomic E-state index is 13.5. The van der Waals surface area contributed by atoms with Crippen molar-refractivity contribution in [1.82, 2.24) is 0 Å². The smallest absolute Gasteiger partial charge is 0.0897 e. The van der Waals surface area contributed by atoms with Crippen molar-refractivity contribution in [3.8, 4) is 30.3 Å². The third kappa shape index (κ3) is 13.5. The van der Waals surface area contributed by atoms with Crippen LogP contribution in [-0.4, -0.2) is 55.5 Å². The summed E-state index contributed by atoms with van der Waals surface area (Å²) >= 11 is 0. The molecule has 32 heavy (non-hydrogen) atoms. The molecule has 0 saturated carbocycles. The predicted octanol–water partition coefficient (Wildman–Crippen LogP) is 5.42. The van der Waals surface area contributed by atoms with E-state index >= 15 is 0 Å². The van der Waals surface area contributed by atoms with Crippen molar-refractivity contribution in [1.29, 1.82) is 26.3 Å². The number of hydrogen-bond donors (Lipinski definition) is 0. The summed E-state index contributed by atoms with van der Waals surface area (Å²) in [5, 5.41) is 44.2. The second kappa shape index (κ2) is 16.7. The average molecular weight is 495 g/mol. The molecule has 0 atom stereocenters. The molecule has 0 aliphatic heterocycles. The zero-order valence-corrected chi connectivity index (χ0v) is 21.3. The molecule has 0 bridgehead atoms. The summed E-state index contributed by atoms with van der Waals surface area (Å²) in [6.07, 6.45) is 4.29. The molecule has 0 saturated heterocycles. The Hall–Kier alpha value is -1.86. The van der Waals surface area contributed by atoms with E-state index in [4.69, 9.17) is 26.3 Å². The van der Waals surface area contributed by atoms with Crippen LogP contribution >= 0.6 is 21.4 Å². The zero-order chi connectivity index (χ0) is 24.3. The van der Waals surface area contributed by atoms with Gasteiger partial charge in [0.2, 0.25) is 0 Å². The van der Waals surface area contributed by atoms with E-state index in [1.807, 2.05) is 30.3 Å². The van der Waals surface area contributed by atoms with Crippen molar-refractivity contribution >= 4 is 21.4 Å². The van der Waals surface area contributed by atoms with Gasteiger partial charge in [-0.15, -0.1) is 0 Å². The normalized spacial score (nSPS) is 11.5. The van der Waals surface area contributed by atoms with E-state index in [0.717, 1.165) is 0 Å². The lowest BCUT2D eigenvalue weighted by atomic mass is 10.5. The maximum Gasteiger partial charge on any atom is 0.0897 e. The molecule has 0 heterocycles. The minimum Gasteiger partial charge on any atom is -0.324 e. The van der Waals surface area contributed by atoms with Crippen molar-refractivity contribution in [3.05, 3.63) is 0 Å². The third-order valence-electron chi connectivity index (χ3n) is 5.42. The fraction of sp³-hybridized carbons (Fsp3) is 0.762. The number of nitrogens with zero attached hydrogens (tertiary/aromatic N) is 5. The first-order chi connectivity index (χ1) is 15.2. The van der Waals surface area contributed by atoms with Crippen LogP contribution in [-0.2, 0) is 13.7 Å². The van der Waals surface area contributed by atoms with Crippen LogP contribution in [0.5, 0.6) is 0 Å². The van der Waals surface area contributed by atoms with Gasteiger partial charge in [0.1, 0.15) is 0 Å². The number of rotatable bonds is 18. The van der Waals surface area contributed by atoms with Crippen LogP contribution in [0.1, 0.15) is 44.9 Å². The van der Waals surface area contributed by atoms with Gasteiger partial charge >= 0.3 is 0 Å². The number of nitriles is 5. The lowest BCUT2D eigenvalue weighted by molar-refractivity contribution is 0.567. The topological polar surface area (TPSA) is 170 Å². The van der Waals surface area contributed by atoms with Crippen LogP contribution in [0.15, 0.2) is 0 Å². The highest BCUT2D eigenvalue weighted by Gasteiger charge is 2.27. The molecule has 11 heteroatoms. The van der Waals surface area contributed by atoms with Gasteiger partial charge in [0.25, 0.3) is 0 Å². The second-order valence-corrected chi connectivity index (χ2v) is 18.3. The lowest BCUT2D eigenvalue weighted by Gasteiger charge is -2.21. The Morgan fingerprint density at radius 1 is 0.375 bits per heavy atom. The van der Waals surface area contributed by atoms with E-state index in [9.17, 15) is 13.7 Å². The van der Waals surface area contributed by atoms with Gasteiger partial charge in [-0.3, -0.25) is 0 Å². The van der Waals surface area contributed by atoms with Gasteiger partial charge in [-0.2, -0.15) is 26.3 Å². The summed E-state index contributed by atoms with van der Waals surface area (Å²) in [6, 6.07) is 9.99. The lowest BCUT2D eigenvalue weighted by Crippen LogP contribution is -2.08. The summed E-state index contributed by atoms with van der Waals surface area (Å²) in [6.45, 7) is 0. The van der Waals surface area contributed by atoms with Gasteiger partial charge in [0.05, 0.1) is 51.8 Å². The first kappa shape index (κ1) is 30.1. The molecular weight excluding hydrogens is 463 g/mol. The van der Waals surface area contributed by atoms with Crippen LogP contribution in [0.2, 0.25) is 0 Å². The fourth-order valence-corrected chi connectivity index (χ4v) is 11.6. The first-order valence-electron chi connectivity index (χ1n) is 10.8. The quantitative estimate of drug-likeness (QED) is 0.227. The molecule has 0 fully saturated rings. The Morgan fingerprint density at radius 3 is 0.750 bits per heavy atom. The molecule has 8 nitrogen and oxygen atoms in total. The highest BCUT2D eigenvalue weighted by atomic mass is 31.2. The molecule has 174 valence electrons. The Kier molecular flexibility index (Phi) is 15.8. The van der Waals surface area contributed by atoms with E-state index in [-0.39, 0.29) is 62.9 Å². The van der Waals surface area contributed by atoms with Gasteiger partial charge < -0.3 is 13.7 Å². The highest BCUT2D eigenvalue weighted by molar-refractivity contribution is 7.65. The second-order valence-electron chi connectivity index (χ2n) is 7.93. The SMILES string of the molecule is N#CCCP(=O)(CCC#N)CCCP(=O)(CCC#N)CCCP(=O)(CCC#N)CCC#N. The molecule has 0 aliphatic carbocycles. The minimum absolute atomic E-state index is 0.151. The standard InChI is InChI=1S/C21H32N5O3P3/c22-8-1-13-30(27,14-2-9-23)18-6-20-32(29,17-5-12-26)21-7-19-31(28,15-3-10-24)16-4-11-25/h1-7,13-21H2. The van der Waals surface area contributed by atoms with Crippen LogP contribution in [0.3, 0.4) is 0 Å². The monoisotopic (exact) mass is 495 g/mol. The average Bonchev–Trinajstić information content (AvgIpc) is 2.78. The highest BCUT2D eigenvalue weighted by Crippen LogP contribution is 2.54. The molecule has 0 N–H and O–H groups in total. The van der Waals surface area contributed by atoms with Crippen LogP contribution < -0.4 is 0 Å². The molecule has 0 aliphatic rings. The van der Waals surface area contributed by atoms with Crippen LogP contribution in [0, 0.1) is 56.7 Å². The largest absolute Gasteiger partial charge is 0.324 e. The van der Waals surface area contributed by atoms with E-state index in [2.05, 4.69) is 0 Å². The van der Waals surface area contributed by atoms with Gasteiger partial charge in [0.15, 0.2) is 0 Å². The molecule has 0 amide bonds. The third-order valence-corrected chi connectivity index (χ3v) is 15.1. The fourth-order valence-electron chi connectivity index (χ4n) is 3.57. The van der Waals surface area contributed by atoms with Crippen molar-refractivity contribution in [2.75, 3.05) is 55.5 Å². The summed E-state index contributed by atoms with van der Waals surface area (Å²) in [5.74, 6) is 0. The summed E-state index contributed by atoms with van der Waals surface area (Å²) in [7, 11) is -8.09. The predicted molar refractivity (Wildman–Crippen MR) is 127 cm³/mol. The molecule has 0 unspecified atom stereocenters. The number of hydrogen-bond acceptors (Lipinski definition) is 8. The summed E-state index contributed by atoms with van der Waals surface area (Å²) in [5.41, 5.74) is 0. The van der Waals surface area contributed by atoms with Crippen molar-refractivity contribution in [3.63, 3.8) is 0 Å². The summed E-state index contributed by atoms with van der Waals surface area (Å²) in [4.78, 5) is 0. The van der Waals surface area contributed by atoms with Gasteiger partial charge in [0, 0.05) is 87.6 Å². The summed E-state index contributed by atoms with van der Waals surface area (Å²) < 4.78 is 39.5. The molecule has 0 spiro atoms. The van der Waals surface area contributed by atoms with Crippen LogP contribution in [0.25, 0.3) is 0 Å². The molecule has 0 rings (SSSR count). The van der Waals surface area contributed by atoms with E-state index < -0.39 is 21.4 Å². The van der Waals surface area contributed by atoms with Crippen molar-refractivity contribution in [2.24, 2.45) is 0 Å². The molecular formula is C21H32N5O3P3. The molecule has 0 aromatic carbocycles. The Bertz CT molecular complexity index is 823. The van der Waals surface area contributed by atoms with Crippen molar-refractivity contribution in [2.45, 2.75) is 44.9 Å².